The summed E-state index contributed by atoms with van der Waals surface area (Å²) in [6.07, 6.45) is 0.702. The summed E-state index contributed by atoms with van der Waals surface area (Å²) < 4.78 is 49.9. The van der Waals surface area contributed by atoms with Crippen LogP contribution >= 0.6 is 0 Å². The molecule has 0 radical (unpaired) electrons. The van der Waals surface area contributed by atoms with Gasteiger partial charge in [0.25, 0.3) is 0 Å². The van der Waals surface area contributed by atoms with Gasteiger partial charge in [-0.15, -0.1) is 0 Å². The second-order valence-electron chi connectivity index (χ2n) is 4.24. The van der Waals surface area contributed by atoms with Crippen molar-refractivity contribution in [3.8, 4) is 0 Å². The van der Waals surface area contributed by atoms with E-state index in [1.54, 1.807) is 18.2 Å². The standard InChI is InChI=1S/C14H10F2O3S/c1-20(18,19)14-11(15)7-10(8-12(14)16)13(17)9-5-3-2-4-6-9/h2-8H,1H3. The first-order valence-electron chi connectivity index (χ1n) is 5.59. The first-order valence-corrected chi connectivity index (χ1v) is 7.48. The zero-order valence-corrected chi connectivity index (χ0v) is 11.2. The van der Waals surface area contributed by atoms with Crippen LogP contribution in [0.25, 0.3) is 0 Å². The molecule has 0 aliphatic heterocycles. The van der Waals surface area contributed by atoms with E-state index in [2.05, 4.69) is 0 Å². The average Bonchev–Trinajstić information content (AvgIpc) is 2.36. The Hall–Kier alpha value is -2.08. The molecule has 6 heteroatoms. The Bertz CT molecular complexity index is 745. The summed E-state index contributed by atoms with van der Waals surface area (Å²) in [6, 6.07) is 9.40. The van der Waals surface area contributed by atoms with Gasteiger partial charge in [0, 0.05) is 17.4 Å². The van der Waals surface area contributed by atoms with E-state index in [1.165, 1.54) is 12.1 Å². The molecule has 0 spiro atoms. The average molecular weight is 296 g/mol. The van der Waals surface area contributed by atoms with Crippen molar-refractivity contribution in [3.63, 3.8) is 0 Å². The van der Waals surface area contributed by atoms with Crippen molar-refractivity contribution < 1.29 is 22.0 Å². The first-order chi connectivity index (χ1) is 9.30. The molecule has 0 aliphatic rings. The molecule has 3 nitrogen and oxygen atoms in total. The van der Waals surface area contributed by atoms with Gasteiger partial charge in [0.05, 0.1) is 0 Å². The molecule has 2 aromatic rings. The minimum absolute atomic E-state index is 0.237. The van der Waals surface area contributed by atoms with Crippen LogP contribution in [0.15, 0.2) is 47.4 Å². The number of halogens is 2. The van der Waals surface area contributed by atoms with Gasteiger partial charge in [0.1, 0.15) is 16.5 Å². The molecule has 0 aliphatic carbocycles. The Morgan fingerprint density at radius 1 is 0.950 bits per heavy atom. The van der Waals surface area contributed by atoms with E-state index in [-0.39, 0.29) is 11.1 Å². The van der Waals surface area contributed by atoms with Gasteiger partial charge in [-0.25, -0.2) is 17.2 Å². The van der Waals surface area contributed by atoms with Gasteiger partial charge in [0.15, 0.2) is 15.6 Å². The molecule has 0 saturated carbocycles. The van der Waals surface area contributed by atoms with Gasteiger partial charge in [-0.05, 0) is 12.1 Å². The molecule has 0 fully saturated rings. The van der Waals surface area contributed by atoms with Gasteiger partial charge in [-0.1, -0.05) is 30.3 Å². The zero-order chi connectivity index (χ0) is 14.9. The number of benzene rings is 2. The Balaban J connectivity index is 2.54. The van der Waals surface area contributed by atoms with Gasteiger partial charge >= 0.3 is 0 Å². The Morgan fingerprint density at radius 3 is 1.90 bits per heavy atom. The maximum Gasteiger partial charge on any atom is 0.193 e. The van der Waals surface area contributed by atoms with Crippen LogP contribution in [0.5, 0.6) is 0 Å². The molecule has 0 saturated heterocycles. The predicted octanol–water partition coefficient (Wildman–Crippen LogP) is 2.60. The second-order valence-corrected chi connectivity index (χ2v) is 6.19. The minimum Gasteiger partial charge on any atom is -0.289 e. The highest BCUT2D eigenvalue weighted by Gasteiger charge is 2.22. The molecule has 0 aromatic heterocycles. The lowest BCUT2D eigenvalue weighted by Crippen LogP contribution is -2.08. The largest absolute Gasteiger partial charge is 0.289 e. The van der Waals surface area contributed by atoms with Gasteiger partial charge in [-0.2, -0.15) is 0 Å². The summed E-state index contributed by atoms with van der Waals surface area (Å²) in [4.78, 5) is 11.0. The highest BCUT2D eigenvalue weighted by molar-refractivity contribution is 7.90. The maximum absolute atomic E-state index is 13.7. The Kier molecular flexibility index (Phi) is 3.67. The number of rotatable bonds is 3. The summed E-state index contributed by atoms with van der Waals surface area (Å²) >= 11 is 0. The number of hydrogen-bond acceptors (Lipinski definition) is 3. The van der Waals surface area contributed by atoms with Crippen molar-refractivity contribution in [3.05, 3.63) is 65.2 Å². The quantitative estimate of drug-likeness (QED) is 0.818. The number of carbonyl (C=O) groups excluding carboxylic acids is 1. The summed E-state index contributed by atoms with van der Waals surface area (Å²) in [5.74, 6) is -3.12. The van der Waals surface area contributed by atoms with Crippen molar-refractivity contribution >= 4 is 15.6 Å². The molecule has 2 aromatic carbocycles. The molecule has 20 heavy (non-hydrogen) atoms. The third-order valence-electron chi connectivity index (χ3n) is 2.67. The molecule has 0 N–H and O–H groups in total. The molecular weight excluding hydrogens is 286 g/mol. The van der Waals surface area contributed by atoms with E-state index in [9.17, 15) is 22.0 Å². The van der Waals surface area contributed by atoms with E-state index in [0.29, 0.717) is 6.26 Å². The molecule has 0 unspecified atom stereocenters. The van der Waals surface area contributed by atoms with Gasteiger partial charge < -0.3 is 0 Å². The highest BCUT2D eigenvalue weighted by Crippen LogP contribution is 2.22. The normalized spacial score (nSPS) is 11.3. The SMILES string of the molecule is CS(=O)(=O)c1c(F)cc(C(=O)c2ccccc2)cc1F. The molecule has 0 amide bonds. The summed E-state index contributed by atoms with van der Waals surface area (Å²) in [5.41, 5.74) is 0.0250. The van der Waals surface area contributed by atoms with Crippen molar-refractivity contribution in [2.75, 3.05) is 6.26 Å². The topological polar surface area (TPSA) is 51.2 Å². The Morgan fingerprint density at radius 2 is 1.45 bits per heavy atom. The number of hydrogen-bond donors (Lipinski definition) is 0. The minimum atomic E-state index is -4.03. The van der Waals surface area contributed by atoms with Crippen LogP contribution in [0.3, 0.4) is 0 Å². The molecule has 2 rings (SSSR count). The molecule has 104 valence electrons. The monoisotopic (exact) mass is 296 g/mol. The lowest BCUT2D eigenvalue weighted by molar-refractivity contribution is 0.103. The lowest BCUT2D eigenvalue weighted by Gasteiger charge is -2.06. The molecular formula is C14H10F2O3S. The van der Waals surface area contributed by atoms with Gasteiger partial charge in [0.2, 0.25) is 0 Å². The lowest BCUT2D eigenvalue weighted by atomic mass is 10.0. The maximum atomic E-state index is 13.7. The third kappa shape index (κ3) is 2.75. The highest BCUT2D eigenvalue weighted by atomic mass is 32.2. The molecule has 0 heterocycles. The zero-order valence-electron chi connectivity index (χ0n) is 10.4. The summed E-state index contributed by atoms with van der Waals surface area (Å²) in [5, 5.41) is 0. The Labute approximate surface area is 114 Å². The van der Waals surface area contributed by atoms with Crippen LogP contribution in [0.2, 0.25) is 0 Å². The fraction of sp³-hybridized carbons (Fsp3) is 0.0714. The first kappa shape index (κ1) is 14.3. The number of sulfone groups is 1. The fourth-order valence-corrected chi connectivity index (χ4v) is 2.63. The smallest absolute Gasteiger partial charge is 0.193 e. The van der Waals surface area contributed by atoms with Crippen LogP contribution in [-0.4, -0.2) is 20.5 Å². The van der Waals surface area contributed by atoms with E-state index in [0.717, 1.165) is 12.1 Å². The third-order valence-corrected chi connectivity index (χ3v) is 3.80. The summed E-state index contributed by atoms with van der Waals surface area (Å²) in [7, 11) is -4.03. The van der Waals surface area contributed by atoms with Crippen molar-refractivity contribution in [1.29, 1.82) is 0 Å². The van der Waals surface area contributed by atoms with Crippen molar-refractivity contribution in [1.82, 2.24) is 0 Å². The second kappa shape index (κ2) is 5.13. The van der Waals surface area contributed by atoms with E-state index in [1.807, 2.05) is 0 Å². The molecule has 0 atom stereocenters. The van der Waals surface area contributed by atoms with E-state index >= 15 is 0 Å². The van der Waals surface area contributed by atoms with Crippen LogP contribution in [0.4, 0.5) is 8.78 Å². The van der Waals surface area contributed by atoms with Crippen molar-refractivity contribution in [2.45, 2.75) is 4.90 Å². The van der Waals surface area contributed by atoms with Crippen LogP contribution < -0.4 is 0 Å². The van der Waals surface area contributed by atoms with Crippen LogP contribution in [0.1, 0.15) is 15.9 Å². The van der Waals surface area contributed by atoms with Crippen LogP contribution in [-0.2, 0) is 9.84 Å². The number of carbonyl (C=O) groups is 1. The van der Waals surface area contributed by atoms with Gasteiger partial charge in [-0.3, -0.25) is 4.79 Å². The molecule has 0 bridgehead atoms. The fourth-order valence-electron chi connectivity index (χ4n) is 1.80. The van der Waals surface area contributed by atoms with E-state index < -0.39 is 32.2 Å². The van der Waals surface area contributed by atoms with Crippen LogP contribution in [0, 0.1) is 11.6 Å². The van der Waals surface area contributed by atoms with Crippen molar-refractivity contribution in [2.24, 2.45) is 0 Å². The summed E-state index contributed by atoms with van der Waals surface area (Å²) in [6.45, 7) is 0. The van der Waals surface area contributed by atoms with E-state index in [4.69, 9.17) is 0 Å². The predicted molar refractivity (Wildman–Crippen MR) is 69.3 cm³/mol. The number of ketones is 1.